The molecule has 0 unspecified atom stereocenters. The molecule has 2 aromatic rings. The monoisotopic (exact) mass is 513 g/mol. The van der Waals surface area contributed by atoms with Gasteiger partial charge in [-0.2, -0.15) is 0 Å². The highest BCUT2D eigenvalue weighted by molar-refractivity contribution is 9.10. The molecule has 2 N–H and O–H groups in total. The van der Waals surface area contributed by atoms with Crippen molar-refractivity contribution in [1.82, 2.24) is 0 Å². The second-order valence-corrected chi connectivity index (χ2v) is 7.17. The highest BCUT2D eigenvalue weighted by atomic mass is 79.9. The molecule has 0 aromatic heterocycles. The number of rotatable bonds is 5. The van der Waals surface area contributed by atoms with Crippen LogP contribution in [0.5, 0.6) is 0 Å². The van der Waals surface area contributed by atoms with Crippen molar-refractivity contribution in [1.29, 1.82) is 0 Å². The molecule has 0 spiro atoms. The number of hydrogen-bond acceptors (Lipinski definition) is 5. The van der Waals surface area contributed by atoms with Gasteiger partial charge in [0.05, 0.1) is 14.2 Å². The van der Waals surface area contributed by atoms with Gasteiger partial charge in [0.1, 0.15) is 0 Å². The normalized spacial score (nSPS) is 9.00. The average molecular weight is 515 g/mol. The molecule has 0 aliphatic heterocycles. The van der Waals surface area contributed by atoms with E-state index in [0.29, 0.717) is 6.42 Å². The molecule has 5 nitrogen and oxygen atoms in total. The second kappa shape index (κ2) is 15.9. The Labute approximate surface area is 183 Å². The lowest BCUT2D eigenvalue weighted by Gasteiger charge is -2.01. The SMILES string of the molecule is C=CC(=O)OC.COC(=O)CCCc1cccc(Br)c1.Nc1cccc(Br)c1. The van der Waals surface area contributed by atoms with Crippen molar-refractivity contribution in [2.75, 3.05) is 20.0 Å². The number of nitrogen functional groups attached to an aromatic ring is 1. The lowest BCUT2D eigenvalue weighted by molar-refractivity contribution is -0.140. The minimum absolute atomic E-state index is 0.139. The van der Waals surface area contributed by atoms with E-state index in [1.807, 2.05) is 36.4 Å². The van der Waals surface area contributed by atoms with E-state index < -0.39 is 5.97 Å². The topological polar surface area (TPSA) is 78.6 Å². The van der Waals surface area contributed by atoms with Crippen LogP contribution < -0.4 is 5.73 Å². The van der Waals surface area contributed by atoms with E-state index in [-0.39, 0.29) is 5.97 Å². The number of carbonyl (C=O) groups is 2. The van der Waals surface area contributed by atoms with Gasteiger partial charge in [-0.3, -0.25) is 4.79 Å². The standard InChI is InChI=1S/C11H13BrO2.C6H6BrN.C4H6O2/c1-14-11(13)7-3-5-9-4-2-6-10(12)8-9;7-5-2-1-3-6(8)4-5;1-3-4(5)6-2/h2,4,6,8H,3,5,7H2,1H3;1-4H,8H2;3H,1H2,2H3. The zero-order chi connectivity index (χ0) is 21.4. The van der Waals surface area contributed by atoms with Gasteiger partial charge in [0, 0.05) is 27.1 Å². The van der Waals surface area contributed by atoms with Crippen molar-refractivity contribution >= 4 is 49.5 Å². The summed E-state index contributed by atoms with van der Waals surface area (Å²) in [6.45, 7) is 3.16. The summed E-state index contributed by atoms with van der Waals surface area (Å²) in [6, 6.07) is 15.7. The third-order valence-corrected chi connectivity index (χ3v) is 4.17. The van der Waals surface area contributed by atoms with Crippen LogP contribution in [0.4, 0.5) is 5.69 Å². The summed E-state index contributed by atoms with van der Waals surface area (Å²) in [7, 11) is 2.73. The Morgan fingerprint density at radius 3 is 2.04 bits per heavy atom. The summed E-state index contributed by atoms with van der Waals surface area (Å²) in [4.78, 5) is 20.7. The van der Waals surface area contributed by atoms with Crippen LogP contribution in [-0.2, 0) is 25.5 Å². The first-order chi connectivity index (χ1) is 13.3. The van der Waals surface area contributed by atoms with Crippen LogP contribution in [0, 0.1) is 0 Å². The van der Waals surface area contributed by atoms with Gasteiger partial charge in [0.15, 0.2) is 0 Å². The van der Waals surface area contributed by atoms with Crippen LogP contribution in [-0.4, -0.2) is 26.2 Å². The third kappa shape index (κ3) is 14.0. The predicted octanol–water partition coefficient (Wildman–Crippen LogP) is 5.32. The number of anilines is 1. The van der Waals surface area contributed by atoms with E-state index in [4.69, 9.17) is 5.73 Å². The van der Waals surface area contributed by atoms with Crippen LogP contribution in [0.3, 0.4) is 0 Å². The molecule has 0 amide bonds. The molecule has 0 fully saturated rings. The summed E-state index contributed by atoms with van der Waals surface area (Å²) >= 11 is 6.69. The van der Waals surface area contributed by atoms with Crippen molar-refractivity contribution in [3.05, 3.63) is 75.7 Å². The Balaban J connectivity index is 0.000000439. The number of ether oxygens (including phenoxy) is 2. The summed E-state index contributed by atoms with van der Waals surface area (Å²) in [5, 5.41) is 0. The van der Waals surface area contributed by atoms with Gasteiger partial charge in [-0.05, 0) is 48.7 Å². The number of esters is 2. The summed E-state index contributed by atoms with van der Waals surface area (Å²) < 4.78 is 10.8. The number of nitrogens with two attached hydrogens (primary N) is 1. The number of carbonyl (C=O) groups excluding carboxylic acids is 2. The van der Waals surface area contributed by atoms with E-state index in [1.54, 1.807) is 0 Å². The molecule has 0 atom stereocenters. The summed E-state index contributed by atoms with van der Waals surface area (Å²) in [6.07, 6.45) is 3.35. The molecule has 0 heterocycles. The van der Waals surface area contributed by atoms with Crippen molar-refractivity contribution in [3.8, 4) is 0 Å². The van der Waals surface area contributed by atoms with E-state index in [1.165, 1.54) is 19.8 Å². The lowest BCUT2D eigenvalue weighted by Crippen LogP contribution is -2.00. The first-order valence-corrected chi connectivity index (χ1v) is 9.93. The van der Waals surface area contributed by atoms with E-state index >= 15 is 0 Å². The van der Waals surface area contributed by atoms with E-state index in [9.17, 15) is 9.59 Å². The fourth-order valence-corrected chi connectivity index (χ4v) is 2.68. The Kier molecular flexibility index (Phi) is 14.7. The zero-order valence-electron chi connectivity index (χ0n) is 16.0. The highest BCUT2D eigenvalue weighted by Gasteiger charge is 2.00. The minimum Gasteiger partial charge on any atom is -0.469 e. The maximum absolute atomic E-state index is 10.8. The predicted molar refractivity (Wildman–Crippen MR) is 120 cm³/mol. The molecule has 28 heavy (non-hydrogen) atoms. The summed E-state index contributed by atoms with van der Waals surface area (Å²) in [5.41, 5.74) is 7.46. The largest absolute Gasteiger partial charge is 0.469 e. The molecule has 2 aromatic carbocycles. The number of hydrogen-bond donors (Lipinski definition) is 1. The Hall–Kier alpha value is -2.12. The Morgan fingerprint density at radius 2 is 1.64 bits per heavy atom. The minimum atomic E-state index is -0.394. The molecule has 152 valence electrons. The molecule has 0 saturated heterocycles. The van der Waals surface area contributed by atoms with Crippen molar-refractivity contribution in [2.24, 2.45) is 0 Å². The maximum Gasteiger partial charge on any atom is 0.329 e. The van der Waals surface area contributed by atoms with Crippen molar-refractivity contribution < 1.29 is 19.1 Å². The molecule has 0 aliphatic rings. The van der Waals surface area contributed by atoms with Crippen LogP contribution in [0.15, 0.2) is 70.1 Å². The molecule has 0 saturated carbocycles. The second-order valence-electron chi connectivity index (χ2n) is 5.34. The molecule has 0 aliphatic carbocycles. The zero-order valence-corrected chi connectivity index (χ0v) is 19.2. The number of aryl methyl sites for hydroxylation is 1. The molecule has 0 radical (unpaired) electrons. The smallest absolute Gasteiger partial charge is 0.329 e. The Morgan fingerprint density at radius 1 is 1.04 bits per heavy atom. The molecule has 7 heteroatoms. The van der Waals surface area contributed by atoms with Gasteiger partial charge in [-0.15, -0.1) is 0 Å². The fraction of sp³-hybridized carbons (Fsp3) is 0.238. The fourth-order valence-electron chi connectivity index (χ4n) is 1.82. The number of benzene rings is 2. The van der Waals surface area contributed by atoms with Gasteiger partial charge >= 0.3 is 11.9 Å². The Bertz CT molecular complexity index is 733. The van der Waals surface area contributed by atoms with Crippen LogP contribution >= 0.6 is 31.9 Å². The quantitative estimate of drug-likeness (QED) is 0.332. The molecule has 0 bridgehead atoms. The lowest BCUT2D eigenvalue weighted by atomic mass is 10.1. The van der Waals surface area contributed by atoms with Gasteiger partial charge in [-0.25, -0.2) is 4.79 Å². The average Bonchev–Trinajstić information content (AvgIpc) is 2.68. The van der Waals surface area contributed by atoms with Gasteiger partial charge in [0.2, 0.25) is 0 Å². The third-order valence-electron chi connectivity index (χ3n) is 3.18. The van der Waals surface area contributed by atoms with Gasteiger partial charge in [-0.1, -0.05) is 56.6 Å². The molecule has 2 rings (SSSR count). The van der Waals surface area contributed by atoms with Crippen molar-refractivity contribution in [2.45, 2.75) is 19.3 Å². The van der Waals surface area contributed by atoms with Crippen LogP contribution in [0.25, 0.3) is 0 Å². The number of halogens is 2. The van der Waals surface area contributed by atoms with E-state index in [2.05, 4.69) is 60.0 Å². The first-order valence-electron chi connectivity index (χ1n) is 8.35. The molecular formula is C21H25Br2NO4. The summed E-state index contributed by atoms with van der Waals surface area (Å²) in [5.74, 6) is -0.532. The number of methoxy groups -OCH3 is 2. The van der Waals surface area contributed by atoms with Gasteiger partial charge in [0.25, 0.3) is 0 Å². The highest BCUT2D eigenvalue weighted by Crippen LogP contribution is 2.13. The maximum atomic E-state index is 10.8. The molecular weight excluding hydrogens is 490 g/mol. The van der Waals surface area contributed by atoms with Crippen molar-refractivity contribution in [3.63, 3.8) is 0 Å². The van der Waals surface area contributed by atoms with Gasteiger partial charge < -0.3 is 15.2 Å². The first kappa shape index (κ1) is 25.9. The van der Waals surface area contributed by atoms with Crippen LogP contribution in [0.2, 0.25) is 0 Å². The van der Waals surface area contributed by atoms with E-state index in [0.717, 1.165) is 33.6 Å². The van der Waals surface area contributed by atoms with Crippen LogP contribution in [0.1, 0.15) is 18.4 Å².